The number of carbonyl (C=O) groups is 16. The highest BCUT2D eigenvalue weighted by molar-refractivity contribution is 8.76. The predicted octanol–water partition coefficient (Wildman–Crippen LogP) is -5.74. The predicted molar refractivity (Wildman–Crippen MR) is 358 cm³/mol. The topological polar surface area (TPSA) is 609 Å². The number of thioether (sulfide) groups is 2. The van der Waals surface area contributed by atoms with Crippen molar-refractivity contribution < 1.29 is 96.8 Å². The number of hydrogen-bond donors (Lipinski definition) is 19. The van der Waals surface area contributed by atoms with E-state index in [-0.39, 0.29) is 73.9 Å². The molecule has 0 saturated heterocycles. The van der Waals surface area contributed by atoms with E-state index >= 15 is 0 Å². The number of aromatic amines is 1. The fourth-order valence-corrected chi connectivity index (χ4v) is 12.1. The van der Waals surface area contributed by atoms with Crippen LogP contribution < -0.4 is 81.8 Å². The molecule has 0 radical (unpaired) electrons. The number of aliphatic carboxylic acids is 2. The number of H-pyrrole nitrogens is 1. The van der Waals surface area contributed by atoms with Crippen LogP contribution in [0.5, 0.6) is 0 Å². The first-order chi connectivity index (χ1) is 45.7. The Morgan fingerprint density at radius 1 is 0.557 bits per heavy atom. The quantitative estimate of drug-likeness (QED) is 0.0127. The number of carbonyl (C=O) groups excluding carboxylic acids is 14. The minimum absolute atomic E-state index is 0.0274. The molecule has 0 aliphatic rings. The maximum atomic E-state index is 14.6. The van der Waals surface area contributed by atoms with E-state index in [4.69, 9.17) is 33.8 Å². The molecule has 0 saturated carbocycles. The molecule has 0 spiro atoms. The number of nitrogens with one attached hydrogen (secondary N) is 11. The molecule has 1 aromatic carbocycles. The molecule has 2 aromatic rings. The molecule has 540 valence electrons. The second-order valence-electron chi connectivity index (χ2n) is 22.3. The summed E-state index contributed by atoms with van der Waals surface area (Å²) >= 11 is 2.51. The summed E-state index contributed by atoms with van der Waals surface area (Å²) in [5.74, 6) is -16.3. The fraction of sp³-hybridized carbons (Fsp3) is 0.579. The number of fused-ring (bicyclic) bond motifs is 1. The van der Waals surface area contributed by atoms with E-state index in [0.29, 0.717) is 16.5 Å². The zero-order chi connectivity index (χ0) is 73.1. The zero-order valence-electron chi connectivity index (χ0n) is 53.9. The molecule has 13 amide bonds. The fourth-order valence-electron chi connectivity index (χ4n) is 8.83. The van der Waals surface area contributed by atoms with Gasteiger partial charge < -0.3 is 101 Å². The van der Waals surface area contributed by atoms with E-state index in [1.54, 1.807) is 50.6 Å². The molecule has 0 aliphatic carbocycles. The Kier molecular flexibility index (Phi) is 38.7. The Morgan fingerprint density at radius 3 is 1.55 bits per heavy atom. The second kappa shape index (κ2) is 44.4. The lowest BCUT2D eigenvalue weighted by molar-refractivity contribution is -0.143. The molecule has 0 bridgehead atoms. The standard InChI is InChI=1S/C57H88N16O20S4/c1-27(2)18-39(57(91)92)72-55(89)38(21-43(61)78)69-51(85)34(14-16-94-4)68-50(84)33(10-11-41(59)76)67-54(88)37(20-42(60)77)70-53(87)36(19-29-22-63-32-9-7-6-8-30(29)32)71-56(90)47(28(3)75)73-52(86)35(15-17-95-5)66-48(82)31(58)24-96-97-25-40(49(83)64-23-46(80)81)65-45(79)13-12-44(62)93-26-74/h6-9,22,26-28,31,33-40,44,47,63,75H,10-21,23-25,58,62H2,1-5H3,(H2,59,76)(H2,60,77)(H2,61,78)(H,64,83)(H,65,79)(H,66,82)(H,67,88)(H,68,84)(H,69,85)(H,70,87)(H,71,90)(H,72,89)(H,73,86)(H,80,81)(H,91,92)/t28-,31?,33+,34?,35+,36+,37?,38+,39?,40?,44?,47+/m1/s1. The molecule has 97 heavy (non-hydrogen) atoms. The number of aliphatic hydroxyl groups is 1. The number of hydrogen-bond acceptors (Lipinski definition) is 24. The average molecular weight is 1450 g/mol. The summed E-state index contributed by atoms with van der Waals surface area (Å²) in [6.07, 6.45) is -1.81. The normalized spacial score (nSPS) is 14.8. The lowest BCUT2D eigenvalue weighted by atomic mass is 10.0. The summed E-state index contributed by atoms with van der Waals surface area (Å²) < 4.78 is 4.55. The van der Waals surface area contributed by atoms with E-state index in [1.807, 2.05) is 0 Å². The first kappa shape index (κ1) is 84.6. The summed E-state index contributed by atoms with van der Waals surface area (Å²) in [6, 6.07) is -9.29. The zero-order valence-corrected chi connectivity index (χ0v) is 57.1. The summed E-state index contributed by atoms with van der Waals surface area (Å²) in [5, 5.41) is 54.2. The largest absolute Gasteiger partial charge is 0.480 e. The lowest BCUT2D eigenvalue weighted by Gasteiger charge is -2.28. The van der Waals surface area contributed by atoms with E-state index < -0.39 is 194 Å². The maximum absolute atomic E-state index is 14.6. The summed E-state index contributed by atoms with van der Waals surface area (Å²) in [4.78, 5) is 211. The van der Waals surface area contributed by atoms with Gasteiger partial charge in [-0.05, 0) is 74.2 Å². The van der Waals surface area contributed by atoms with Crippen molar-refractivity contribution in [2.45, 2.75) is 158 Å². The van der Waals surface area contributed by atoms with Gasteiger partial charge in [-0.3, -0.25) is 77.7 Å². The molecule has 2 rings (SSSR count). The number of amides is 13. The van der Waals surface area contributed by atoms with Crippen LogP contribution in [0.1, 0.15) is 84.1 Å². The van der Waals surface area contributed by atoms with Gasteiger partial charge in [0, 0.05) is 54.3 Å². The van der Waals surface area contributed by atoms with Gasteiger partial charge in [-0.15, -0.1) is 0 Å². The third-order valence-electron chi connectivity index (χ3n) is 13.8. The molecule has 0 aliphatic heterocycles. The number of carboxylic acids is 2. The summed E-state index contributed by atoms with van der Waals surface area (Å²) in [7, 11) is 1.95. The van der Waals surface area contributed by atoms with Crippen molar-refractivity contribution in [2.75, 3.05) is 42.1 Å². The van der Waals surface area contributed by atoms with Gasteiger partial charge in [0.05, 0.1) is 25.0 Å². The van der Waals surface area contributed by atoms with Crippen LogP contribution >= 0.6 is 45.1 Å². The van der Waals surface area contributed by atoms with Gasteiger partial charge in [0.1, 0.15) is 60.9 Å². The van der Waals surface area contributed by atoms with Crippen molar-refractivity contribution in [1.29, 1.82) is 0 Å². The highest BCUT2D eigenvalue weighted by Crippen LogP contribution is 2.24. The number of ether oxygens (including phenoxy) is 1. The Morgan fingerprint density at radius 2 is 1.04 bits per heavy atom. The van der Waals surface area contributed by atoms with Crippen LogP contribution in [0.3, 0.4) is 0 Å². The number of benzene rings is 1. The molecule has 40 heteroatoms. The van der Waals surface area contributed by atoms with Crippen LogP contribution in [0.2, 0.25) is 0 Å². The van der Waals surface area contributed by atoms with Crippen molar-refractivity contribution in [1.82, 2.24) is 58.2 Å². The van der Waals surface area contributed by atoms with Gasteiger partial charge in [-0.1, -0.05) is 53.6 Å². The highest BCUT2D eigenvalue weighted by Gasteiger charge is 2.38. The first-order valence-corrected chi connectivity index (χ1v) is 35.3. The molecule has 36 nitrogen and oxygen atoms in total. The SMILES string of the molecule is CSCCC(NC(=O)[C@H](CCC(N)=O)NC(=O)C(CC(N)=O)NC(=O)[C@H](Cc1c[nH]c2ccccc12)NC(=O)[C@@H](NC(=O)[C@H](CCSC)NC(=O)C(N)CSSCC(NC(=O)CCC(N)OC=O)C(=O)NCC(=O)O)[C@@H](C)O)C(=O)N[C@@H](CC(N)=O)C(=O)NC(CC(C)C)C(=O)O. The highest BCUT2D eigenvalue weighted by atomic mass is 33.1. The molecular weight excluding hydrogens is 1360 g/mol. The third kappa shape index (κ3) is 32.4. The van der Waals surface area contributed by atoms with Crippen molar-refractivity contribution in [3.63, 3.8) is 0 Å². The van der Waals surface area contributed by atoms with Gasteiger partial charge >= 0.3 is 11.9 Å². The van der Waals surface area contributed by atoms with E-state index in [2.05, 4.69) is 62.9 Å². The Labute approximate surface area is 573 Å². The number of nitrogens with two attached hydrogens (primary N) is 5. The van der Waals surface area contributed by atoms with Crippen LogP contribution in [-0.4, -0.2) is 230 Å². The number of aromatic nitrogens is 1. The molecule has 6 unspecified atom stereocenters. The number of carboxylic acid groups (broad SMARTS) is 2. The average Bonchev–Trinajstić information content (AvgIpc) is 1.74. The smallest absolute Gasteiger partial charge is 0.326 e. The Hall–Kier alpha value is -8.44. The number of primary amides is 3. The molecule has 12 atom stereocenters. The van der Waals surface area contributed by atoms with Crippen molar-refractivity contribution in [2.24, 2.45) is 34.6 Å². The van der Waals surface area contributed by atoms with Crippen LogP contribution in [-0.2, 0) is 87.9 Å². The maximum Gasteiger partial charge on any atom is 0.326 e. The van der Waals surface area contributed by atoms with Crippen LogP contribution in [0, 0.1) is 5.92 Å². The lowest BCUT2D eigenvalue weighted by Crippen LogP contribution is -2.62. The minimum atomic E-state index is -1.96. The number of aliphatic hydroxyl groups excluding tert-OH is 1. The van der Waals surface area contributed by atoms with Gasteiger partial charge in [-0.25, -0.2) is 4.79 Å². The summed E-state index contributed by atoms with van der Waals surface area (Å²) in [6.45, 7) is 3.85. The minimum Gasteiger partial charge on any atom is -0.480 e. The Balaban J connectivity index is 2.46. The van der Waals surface area contributed by atoms with E-state index in [1.165, 1.54) is 29.7 Å². The number of para-hydroxylation sites is 1. The van der Waals surface area contributed by atoms with Crippen molar-refractivity contribution in [3.05, 3.63) is 36.0 Å². The second-order valence-corrected chi connectivity index (χ2v) is 26.8. The molecule has 1 aromatic heterocycles. The van der Waals surface area contributed by atoms with Crippen LogP contribution in [0.4, 0.5) is 0 Å². The first-order valence-electron chi connectivity index (χ1n) is 30.1. The molecule has 1 heterocycles. The van der Waals surface area contributed by atoms with Gasteiger partial charge in [0.15, 0.2) is 6.23 Å². The Bertz CT molecular complexity index is 3070. The van der Waals surface area contributed by atoms with Crippen molar-refractivity contribution >= 4 is 151 Å². The van der Waals surface area contributed by atoms with Gasteiger partial charge in [0.2, 0.25) is 76.8 Å². The third-order valence-corrected chi connectivity index (χ3v) is 17.6. The van der Waals surface area contributed by atoms with Gasteiger partial charge in [-0.2, -0.15) is 23.5 Å². The molecular formula is C57H88N16O20S4. The van der Waals surface area contributed by atoms with Crippen LogP contribution in [0.15, 0.2) is 30.5 Å². The van der Waals surface area contributed by atoms with Gasteiger partial charge in [0.25, 0.3) is 6.47 Å². The number of rotatable bonds is 49. The van der Waals surface area contributed by atoms with Crippen molar-refractivity contribution in [3.8, 4) is 0 Å². The van der Waals surface area contributed by atoms with E-state index in [9.17, 15) is 86.9 Å². The monoisotopic (exact) mass is 1440 g/mol. The van der Waals surface area contributed by atoms with Crippen LogP contribution in [0.25, 0.3) is 10.9 Å². The molecule has 24 N–H and O–H groups in total. The molecule has 0 fully saturated rings. The summed E-state index contributed by atoms with van der Waals surface area (Å²) in [5.41, 5.74) is 29.2. The van der Waals surface area contributed by atoms with E-state index in [0.717, 1.165) is 28.5 Å².